The summed E-state index contributed by atoms with van der Waals surface area (Å²) in [5.41, 5.74) is 5.72. The van der Waals surface area contributed by atoms with Gasteiger partial charge < -0.3 is 34.1 Å². The summed E-state index contributed by atoms with van der Waals surface area (Å²) in [5, 5.41) is 17.5. The van der Waals surface area contributed by atoms with Crippen molar-refractivity contribution in [3.63, 3.8) is 0 Å². The summed E-state index contributed by atoms with van der Waals surface area (Å²) in [6.45, 7) is 3.79. The zero-order valence-electron chi connectivity index (χ0n) is 22.0. The van der Waals surface area contributed by atoms with Gasteiger partial charge in [-0.25, -0.2) is 0 Å². The maximum Gasteiger partial charge on any atom is 0.323 e. The highest BCUT2D eigenvalue weighted by Crippen LogP contribution is 2.46. The van der Waals surface area contributed by atoms with E-state index in [9.17, 15) is 9.90 Å². The van der Waals surface area contributed by atoms with E-state index in [4.69, 9.17) is 23.7 Å². The molecule has 2 aliphatic rings. The van der Waals surface area contributed by atoms with Crippen LogP contribution in [-0.4, -0.2) is 65.3 Å². The molecule has 2 aromatic carbocycles. The van der Waals surface area contributed by atoms with Crippen LogP contribution >= 0.6 is 0 Å². The molecule has 0 saturated heterocycles. The summed E-state index contributed by atoms with van der Waals surface area (Å²) in [5.74, 6) is 2.37. The van der Waals surface area contributed by atoms with Crippen LogP contribution in [0.15, 0.2) is 12.1 Å². The molecule has 2 heterocycles. The molecule has 0 fully saturated rings. The van der Waals surface area contributed by atoms with Gasteiger partial charge in [0.05, 0.1) is 48.2 Å². The molecule has 9 nitrogen and oxygen atoms in total. The van der Waals surface area contributed by atoms with Gasteiger partial charge in [-0.2, -0.15) is 0 Å². The molecule has 2 aliphatic heterocycles. The highest BCUT2D eigenvalue weighted by molar-refractivity contribution is 5.77. The third kappa shape index (κ3) is 4.25. The normalized spacial score (nSPS) is 22.8. The van der Waals surface area contributed by atoms with Crippen molar-refractivity contribution in [1.29, 1.82) is 0 Å². The minimum atomic E-state index is -0.544. The Labute approximate surface area is 212 Å². The summed E-state index contributed by atoms with van der Waals surface area (Å²) in [4.78, 5) is 12.7. The van der Waals surface area contributed by atoms with Gasteiger partial charge in [0, 0.05) is 35.2 Å². The number of hydrogen-bond acceptors (Lipinski definition) is 9. The number of aliphatic hydroxyl groups excluding tert-OH is 1. The van der Waals surface area contributed by atoms with Crippen LogP contribution in [0.4, 0.5) is 0 Å². The minimum absolute atomic E-state index is 0.132. The van der Waals surface area contributed by atoms with Gasteiger partial charge in [0.2, 0.25) is 0 Å². The van der Waals surface area contributed by atoms with E-state index in [1.165, 1.54) is 7.11 Å². The van der Waals surface area contributed by atoms with Crippen molar-refractivity contribution in [2.75, 3.05) is 42.2 Å². The molecule has 9 heteroatoms. The lowest BCUT2D eigenvalue weighted by Gasteiger charge is -2.42. The van der Waals surface area contributed by atoms with E-state index >= 15 is 0 Å². The molecule has 4 rings (SSSR count). The van der Waals surface area contributed by atoms with Gasteiger partial charge in [0.15, 0.2) is 11.5 Å². The van der Waals surface area contributed by atoms with E-state index in [0.29, 0.717) is 35.8 Å². The summed E-state index contributed by atoms with van der Waals surface area (Å²) in [6, 6.07) is 2.74. The van der Waals surface area contributed by atoms with Crippen LogP contribution in [0, 0.1) is 13.8 Å². The zero-order chi connectivity index (χ0) is 26.1. The largest absolute Gasteiger partial charge is 0.496 e. The molecule has 0 saturated carbocycles. The second-order valence-electron chi connectivity index (χ2n) is 9.27. The fraction of sp³-hybridized carbons (Fsp3) is 0.519. The summed E-state index contributed by atoms with van der Waals surface area (Å²) < 4.78 is 27.9. The van der Waals surface area contributed by atoms with Crippen molar-refractivity contribution in [2.24, 2.45) is 0 Å². The lowest BCUT2D eigenvalue weighted by atomic mass is 9.79. The third-order valence-electron chi connectivity index (χ3n) is 7.40. The maximum absolute atomic E-state index is 12.7. The van der Waals surface area contributed by atoms with Gasteiger partial charge in [-0.15, -0.1) is 0 Å². The lowest BCUT2D eigenvalue weighted by molar-refractivity contribution is -0.143. The quantitative estimate of drug-likeness (QED) is 0.494. The molecule has 36 heavy (non-hydrogen) atoms. The smallest absolute Gasteiger partial charge is 0.323 e. The molecular formula is C27H36N2O7. The molecular weight excluding hydrogens is 464 g/mol. The van der Waals surface area contributed by atoms with Crippen LogP contribution in [0.25, 0.3) is 0 Å². The molecule has 0 spiro atoms. The summed E-state index contributed by atoms with van der Waals surface area (Å²) >= 11 is 0. The van der Waals surface area contributed by atoms with E-state index in [-0.39, 0.29) is 30.7 Å². The Bertz CT molecular complexity index is 1150. The number of ether oxygens (including phenoxy) is 5. The van der Waals surface area contributed by atoms with E-state index < -0.39 is 6.04 Å². The fourth-order valence-electron chi connectivity index (χ4n) is 5.83. The zero-order valence-corrected chi connectivity index (χ0v) is 22.0. The SMILES string of the molecule is COC(=O)[C@@H]1Cc2c(cc(OC)c(C)c2OC)[C@H]([C@@H]2Cc3cc(C)c(OC)c(OC)c3[C@H](CO)N2)N1. The summed E-state index contributed by atoms with van der Waals surface area (Å²) in [6.07, 6.45) is 1.07. The van der Waals surface area contributed by atoms with E-state index in [1.807, 2.05) is 19.9 Å². The molecule has 0 unspecified atom stereocenters. The summed E-state index contributed by atoms with van der Waals surface area (Å²) in [7, 11) is 7.88. The van der Waals surface area contributed by atoms with Crippen LogP contribution in [0.3, 0.4) is 0 Å². The number of carbonyl (C=O) groups is 1. The lowest BCUT2D eigenvalue weighted by Crippen LogP contribution is -2.55. The number of benzene rings is 2. The van der Waals surface area contributed by atoms with Crippen molar-refractivity contribution in [1.82, 2.24) is 10.6 Å². The van der Waals surface area contributed by atoms with Gasteiger partial charge in [-0.3, -0.25) is 10.1 Å². The number of fused-ring (bicyclic) bond motifs is 2. The molecule has 196 valence electrons. The number of hydrogen-bond donors (Lipinski definition) is 3. The number of rotatable bonds is 7. The predicted octanol–water partition coefficient (Wildman–Crippen LogP) is 2.31. The Balaban J connectivity index is 1.85. The first kappa shape index (κ1) is 26.1. The highest BCUT2D eigenvalue weighted by Gasteiger charge is 2.41. The van der Waals surface area contributed by atoms with Gasteiger partial charge in [0.1, 0.15) is 17.5 Å². The van der Waals surface area contributed by atoms with Crippen LogP contribution < -0.4 is 29.6 Å². The molecule has 3 N–H and O–H groups in total. The second-order valence-corrected chi connectivity index (χ2v) is 9.27. The second kappa shape index (κ2) is 10.5. The molecule has 4 atom stereocenters. The third-order valence-corrected chi connectivity index (χ3v) is 7.40. The first-order chi connectivity index (χ1) is 17.3. The van der Waals surface area contributed by atoms with Crippen LogP contribution in [-0.2, 0) is 22.4 Å². The van der Waals surface area contributed by atoms with E-state index in [1.54, 1.807) is 28.4 Å². The van der Waals surface area contributed by atoms with Crippen molar-refractivity contribution >= 4 is 5.97 Å². The van der Waals surface area contributed by atoms with Crippen molar-refractivity contribution in [3.8, 4) is 23.0 Å². The standard InChI is InChI=1S/C27H36N2O7/c1-13-8-15-9-18(28-20(12-30)22(15)26(35-6)24(13)33-4)23-16-11-21(32-3)14(2)25(34-5)17(16)10-19(29-23)27(31)36-7/h8,11,18-20,23,28-30H,9-10,12H2,1-7H3/t18-,19-,20-,23+/m0/s1. The topological polar surface area (TPSA) is 108 Å². The molecule has 0 bridgehead atoms. The Kier molecular flexibility index (Phi) is 7.63. The molecule has 0 aromatic heterocycles. The number of nitrogens with one attached hydrogen (secondary N) is 2. The van der Waals surface area contributed by atoms with Crippen molar-refractivity contribution in [2.45, 2.75) is 50.9 Å². The number of aryl methyl sites for hydroxylation is 1. The van der Waals surface area contributed by atoms with Gasteiger partial charge >= 0.3 is 5.97 Å². The molecule has 0 amide bonds. The molecule has 0 aliphatic carbocycles. The Morgan fingerprint density at radius 1 is 0.944 bits per heavy atom. The van der Waals surface area contributed by atoms with Gasteiger partial charge in [-0.1, -0.05) is 6.07 Å². The van der Waals surface area contributed by atoms with Crippen LogP contribution in [0.1, 0.15) is 45.5 Å². The average Bonchev–Trinajstić information content (AvgIpc) is 2.89. The number of methoxy groups -OCH3 is 5. The van der Waals surface area contributed by atoms with Crippen LogP contribution in [0.5, 0.6) is 23.0 Å². The first-order valence-electron chi connectivity index (χ1n) is 12.0. The first-order valence-corrected chi connectivity index (χ1v) is 12.0. The average molecular weight is 501 g/mol. The predicted molar refractivity (Wildman–Crippen MR) is 134 cm³/mol. The highest BCUT2D eigenvalue weighted by atomic mass is 16.5. The van der Waals surface area contributed by atoms with E-state index in [2.05, 4.69) is 16.7 Å². The van der Waals surface area contributed by atoms with E-state index in [0.717, 1.165) is 33.4 Å². The van der Waals surface area contributed by atoms with Crippen molar-refractivity contribution < 1.29 is 33.6 Å². The number of esters is 1. The Hall–Kier alpha value is -3.01. The Morgan fingerprint density at radius 2 is 1.64 bits per heavy atom. The molecule has 0 radical (unpaired) electrons. The maximum atomic E-state index is 12.7. The molecule has 2 aromatic rings. The van der Waals surface area contributed by atoms with Gasteiger partial charge in [-0.05, 0) is 43.0 Å². The number of carbonyl (C=O) groups excluding carboxylic acids is 1. The van der Waals surface area contributed by atoms with Crippen LogP contribution in [0.2, 0.25) is 0 Å². The monoisotopic (exact) mass is 500 g/mol. The number of aliphatic hydroxyl groups is 1. The fourth-order valence-corrected chi connectivity index (χ4v) is 5.83. The Morgan fingerprint density at radius 3 is 2.22 bits per heavy atom. The minimum Gasteiger partial charge on any atom is -0.496 e. The van der Waals surface area contributed by atoms with Gasteiger partial charge in [0.25, 0.3) is 0 Å². The van der Waals surface area contributed by atoms with Crippen molar-refractivity contribution in [3.05, 3.63) is 45.5 Å².